The number of aliphatic hydroxyl groups is 1. The van der Waals surface area contributed by atoms with Gasteiger partial charge in [-0.3, -0.25) is 0 Å². The summed E-state index contributed by atoms with van der Waals surface area (Å²) >= 11 is 3.34. The predicted octanol–water partition coefficient (Wildman–Crippen LogP) is 2.89. The van der Waals surface area contributed by atoms with E-state index in [0.717, 1.165) is 10.0 Å². The van der Waals surface area contributed by atoms with Crippen molar-refractivity contribution in [2.24, 2.45) is 5.41 Å². The fraction of sp³-hybridized carbons (Fsp3) is 0.235. The number of hydrogen-bond donors (Lipinski definition) is 1. The second kappa shape index (κ2) is 5.75. The lowest BCUT2D eigenvalue weighted by Gasteiger charge is -2.05. The highest BCUT2D eigenvalue weighted by Crippen LogP contribution is 2.63. The summed E-state index contributed by atoms with van der Waals surface area (Å²) in [5.74, 6) is -0.532. The first kappa shape index (κ1) is 16.2. The van der Waals surface area contributed by atoms with Gasteiger partial charge in [0.15, 0.2) is 9.84 Å². The number of nitriles is 1. The highest BCUT2D eigenvalue weighted by atomic mass is 79.9. The molecule has 23 heavy (non-hydrogen) atoms. The van der Waals surface area contributed by atoms with E-state index in [1.807, 2.05) is 0 Å². The monoisotopic (exact) mass is 391 g/mol. The van der Waals surface area contributed by atoms with Crippen molar-refractivity contribution in [2.45, 2.75) is 16.1 Å². The first-order chi connectivity index (χ1) is 11.0. The zero-order chi connectivity index (χ0) is 16.7. The summed E-state index contributed by atoms with van der Waals surface area (Å²) in [5, 5.41) is 18.3. The lowest BCUT2D eigenvalue weighted by atomic mass is 10.0. The molecular weight excluding hydrogens is 378 g/mol. The molecule has 4 nitrogen and oxygen atoms in total. The molecule has 3 rings (SSSR count). The SMILES string of the molecule is N#CC1(CO)C(c2ccc(Br)cc2)C1S(=O)(=O)c1ccccc1. The van der Waals surface area contributed by atoms with E-state index in [1.54, 1.807) is 42.5 Å². The van der Waals surface area contributed by atoms with E-state index in [1.165, 1.54) is 12.1 Å². The van der Waals surface area contributed by atoms with E-state index in [0.29, 0.717) is 0 Å². The maximum Gasteiger partial charge on any atom is 0.183 e. The van der Waals surface area contributed by atoms with Gasteiger partial charge in [0.05, 0.1) is 22.8 Å². The molecule has 6 heteroatoms. The lowest BCUT2D eigenvalue weighted by Crippen LogP contribution is -2.18. The van der Waals surface area contributed by atoms with Crippen molar-refractivity contribution in [3.05, 3.63) is 64.6 Å². The third-order valence-electron chi connectivity index (χ3n) is 4.36. The van der Waals surface area contributed by atoms with Crippen molar-refractivity contribution >= 4 is 25.8 Å². The van der Waals surface area contributed by atoms with Gasteiger partial charge in [0.1, 0.15) is 5.41 Å². The van der Waals surface area contributed by atoms with Crippen LogP contribution in [0.2, 0.25) is 0 Å². The smallest absolute Gasteiger partial charge is 0.183 e. The van der Waals surface area contributed by atoms with Crippen LogP contribution >= 0.6 is 15.9 Å². The van der Waals surface area contributed by atoms with Crippen LogP contribution in [0.4, 0.5) is 0 Å². The molecule has 1 saturated carbocycles. The predicted molar refractivity (Wildman–Crippen MR) is 89.4 cm³/mol. The zero-order valence-corrected chi connectivity index (χ0v) is 14.5. The molecule has 1 N–H and O–H groups in total. The third-order valence-corrected chi connectivity index (χ3v) is 7.18. The molecular formula is C17H14BrNO3S. The van der Waals surface area contributed by atoms with Crippen LogP contribution in [0.3, 0.4) is 0 Å². The van der Waals surface area contributed by atoms with Crippen LogP contribution in [-0.2, 0) is 9.84 Å². The largest absolute Gasteiger partial charge is 0.395 e. The Morgan fingerprint density at radius 3 is 2.26 bits per heavy atom. The summed E-state index contributed by atoms with van der Waals surface area (Å²) in [6.07, 6.45) is 0. The highest BCUT2D eigenvalue weighted by molar-refractivity contribution is 9.10. The average Bonchev–Trinajstić information content (AvgIpc) is 3.27. The molecule has 1 aliphatic carbocycles. The molecule has 3 unspecified atom stereocenters. The molecule has 2 aromatic rings. The molecule has 0 heterocycles. The first-order valence-corrected chi connectivity index (χ1v) is 9.38. The zero-order valence-electron chi connectivity index (χ0n) is 12.1. The summed E-state index contributed by atoms with van der Waals surface area (Å²) in [5.41, 5.74) is -0.545. The van der Waals surface area contributed by atoms with E-state index >= 15 is 0 Å². The molecule has 0 radical (unpaired) electrons. The summed E-state index contributed by atoms with van der Waals surface area (Å²) in [7, 11) is -3.70. The van der Waals surface area contributed by atoms with E-state index in [4.69, 9.17) is 0 Å². The van der Waals surface area contributed by atoms with Gasteiger partial charge in [-0.25, -0.2) is 8.42 Å². The van der Waals surface area contributed by atoms with Crippen molar-refractivity contribution in [1.82, 2.24) is 0 Å². The summed E-state index contributed by atoms with van der Waals surface area (Å²) < 4.78 is 26.7. The van der Waals surface area contributed by atoms with Crippen LogP contribution in [0.1, 0.15) is 11.5 Å². The van der Waals surface area contributed by atoms with Gasteiger partial charge in [0, 0.05) is 10.4 Å². The number of halogens is 1. The first-order valence-electron chi connectivity index (χ1n) is 7.04. The number of nitrogens with zero attached hydrogens (tertiary/aromatic N) is 1. The second-order valence-corrected chi connectivity index (χ2v) is 8.60. The summed E-state index contributed by atoms with van der Waals surface area (Å²) in [4.78, 5) is 0.178. The fourth-order valence-corrected chi connectivity index (χ4v) is 5.72. The van der Waals surface area contributed by atoms with E-state index in [2.05, 4.69) is 22.0 Å². The molecule has 118 valence electrons. The van der Waals surface area contributed by atoms with E-state index in [9.17, 15) is 18.8 Å². The Balaban J connectivity index is 2.07. The standard InChI is InChI=1S/C17H14BrNO3S/c18-13-8-6-12(7-9-13)15-16(17(15,10-19)11-20)23(21,22)14-4-2-1-3-5-14/h1-9,15-16,20H,11H2. The van der Waals surface area contributed by atoms with Crippen molar-refractivity contribution in [3.8, 4) is 6.07 Å². The number of rotatable bonds is 4. The molecule has 2 aromatic carbocycles. The van der Waals surface area contributed by atoms with Gasteiger partial charge in [-0.2, -0.15) is 5.26 Å². The third kappa shape index (κ3) is 2.49. The number of sulfone groups is 1. The van der Waals surface area contributed by atoms with Gasteiger partial charge in [-0.05, 0) is 29.8 Å². The van der Waals surface area contributed by atoms with Crippen LogP contribution in [0, 0.1) is 16.7 Å². The molecule has 1 fully saturated rings. The van der Waals surface area contributed by atoms with E-state index < -0.39 is 33.0 Å². The Morgan fingerprint density at radius 2 is 1.74 bits per heavy atom. The van der Waals surface area contributed by atoms with Gasteiger partial charge >= 0.3 is 0 Å². The molecule has 3 atom stereocenters. The molecule has 0 spiro atoms. The molecule has 0 amide bonds. The number of benzene rings is 2. The van der Waals surface area contributed by atoms with E-state index in [-0.39, 0.29) is 4.90 Å². The van der Waals surface area contributed by atoms with Gasteiger partial charge in [-0.15, -0.1) is 0 Å². The fourth-order valence-electron chi connectivity index (χ4n) is 3.12. The molecule has 0 aromatic heterocycles. The van der Waals surface area contributed by atoms with Crippen LogP contribution in [0.15, 0.2) is 64.0 Å². The lowest BCUT2D eigenvalue weighted by molar-refractivity contribution is 0.242. The van der Waals surface area contributed by atoms with Crippen molar-refractivity contribution in [2.75, 3.05) is 6.61 Å². The molecule has 0 saturated heterocycles. The van der Waals surface area contributed by atoms with Crippen molar-refractivity contribution < 1.29 is 13.5 Å². The Kier molecular flexibility index (Phi) is 4.05. The molecule has 1 aliphatic rings. The van der Waals surface area contributed by atoms with Crippen LogP contribution < -0.4 is 0 Å². The number of aliphatic hydroxyl groups excluding tert-OH is 1. The van der Waals surface area contributed by atoms with Crippen molar-refractivity contribution in [1.29, 1.82) is 5.26 Å². The maximum atomic E-state index is 12.9. The maximum absolute atomic E-state index is 12.9. The molecule has 0 aliphatic heterocycles. The quantitative estimate of drug-likeness (QED) is 0.868. The Labute approximate surface area is 143 Å². The second-order valence-electron chi connectivity index (χ2n) is 5.62. The van der Waals surface area contributed by atoms with Gasteiger partial charge in [0.25, 0.3) is 0 Å². The normalized spacial score (nSPS) is 26.5. The van der Waals surface area contributed by atoms with Crippen LogP contribution in [-0.4, -0.2) is 25.4 Å². The summed E-state index contributed by atoms with van der Waals surface area (Å²) in [6, 6.07) is 17.3. The molecule has 0 bridgehead atoms. The van der Waals surface area contributed by atoms with Crippen molar-refractivity contribution in [3.63, 3.8) is 0 Å². The average molecular weight is 392 g/mol. The highest BCUT2D eigenvalue weighted by Gasteiger charge is 2.72. The Morgan fingerprint density at radius 1 is 1.13 bits per heavy atom. The minimum absolute atomic E-state index is 0.178. The van der Waals surface area contributed by atoms with Gasteiger partial charge in [0.2, 0.25) is 0 Å². The van der Waals surface area contributed by atoms with Gasteiger partial charge < -0.3 is 5.11 Å². The minimum atomic E-state index is -3.70. The van der Waals surface area contributed by atoms with Gasteiger partial charge in [-0.1, -0.05) is 46.3 Å². The topological polar surface area (TPSA) is 78.2 Å². The minimum Gasteiger partial charge on any atom is -0.395 e. The van der Waals surface area contributed by atoms with Crippen LogP contribution in [0.25, 0.3) is 0 Å². The Hall–Kier alpha value is -1.68. The Bertz CT molecular complexity index is 859. The number of hydrogen-bond acceptors (Lipinski definition) is 4. The van der Waals surface area contributed by atoms with Crippen LogP contribution in [0.5, 0.6) is 0 Å². The summed E-state index contributed by atoms with van der Waals surface area (Å²) in [6.45, 7) is -0.485.